The fraction of sp³-hybridized carbons (Fsp3) is 0.423. The number of thioether (sulfide) groups is 1. The van der Waals surface area contributed by atoms with Crippen molar-refractivity contribution in [2.45, 2.75) is 63.7 Å². The summed E-state index contributed by atoms with van der Waals surface area (Å²) < 4.78 is 1.76. The van der Waals surface area contributed by atoms with Crippen LogP contribution in [0.2, 0.25) is 0 Å². The number of fused-ring (bicyclic) bond motifs is 1. The molecule has 1 aromatic heterocycles. The van der Waals surface area contributed by atoms with E-state index in [-0.39, 0.29) is 11.5 Å². The highest BCUT2D eigenvalue weighted by atomic mass is 32.2. The van der Waals surface area contributed by atoms with Gasteiger partial charge in [0.05, 0.1) is 17.4 Å². The van der Waals surface area contributed by atoms with Crippen molar-refractivity contribution in [3.63, 3.8) is 0 Å². The van der Waals surface area contributed by atoms with Gasteiger partial charge in [-0.15, -0.1) is 0 Å². The number of nitrogens with zero attached hydrogens (tertiary/aromatic N) is 2. The first-order chi connectivity index (χ1) is 15.5. The summed E-state index contributed by atoms with van der Waals surface area (Å²) in [6.07, 6.45) is 5.59. The van der Waals surface area contributed by atoms with E-state index in [1.165, 1.54) is 12.8 Å². The zero-order valence-corrected chi connectivity index (χ0v) is 19.7. The van der Waals surface area contributed by atoms with Gasteiger partial charge in [-0.05, 0) is 55.0 Å². The lowest BCUT2D eigenvalue weighted by Crippen LogP contribution is -2.32. The maximum absolute atomic E-state index is 13.3. The number of amides is 1. The van der Waals surface area contributed by atoms with Gasteiger partial charge < -0.3 is 5.32 Å². The van der Waals surface area contributed by atoms with Crippen LogP contribution in [0.15, 0.2) is 58.5 Å². The molecule has 4 rings (SSSR count). The first-order valence-electron chi connectivity index (χ1n) is 11.5. The van der Waals surface area contributed by atoms with Crippen LogP contribution in [0.3, 0.4) is 0 Å². The molecule has 168 valence electrons. The number of benzene rings is 2. The molecule has 32 heavy (non-hydrogen) atoms. The van der Waals surface area contributed by atoms with E-state index >= 15 is 0 Å². The lowest BCUT2D eigenvalue weighted by atomic mass is 10.1. The molecule has 1 saturated carbocycles. The third kappa shape index (κ3) is 5.41. The first kappa shape index (κ1) is 22.6. The SMILES string of the molecule is CC(C)CCSc1nc2ccccc2c(=O)n1Cc1ccc(C(=O)NC2CCCC2)cc1. The minimum atomic E-state index is -0.0225. The van der Waals surface area contributed by atoms with Crippen molar-refractivity contribution in [1.29, 1.82) is 0 Å². The molecule has 1 amide bonds. The number of aromatic nitrogens is 2. The maximum Gasteiger partial charge on any atom is 0.262 e. The third-order valence-corrected chi connectivity index (χ3v) is 7.01. The fourth-order valence-corrected chi connectivity index (χ4v) is 5.30. The van der Waals surface area contributed by atoms with Gasteiger partial charge in [-0.2, -0.15) is 0 Å². The van der Waals surface area contributed by atoms with E-state index in [0.29, 0.717) is 29.5 Å². The minimum Gasteiger partial charge on any atom is -0.349 e. The molecule has 1 aliphatic rings. The molecule has 0 bridgehead atoms. The van der Waals surface area contributed by atoms with E-state index in [4.69, 9.17) is 4.98 Å². The van der Waals surface area contributed by atoms with Gasteiger partial charge in [-0.1, -0.05) is 62.7 Å². The summed E-state index contributed by atoms with van der Waals surface area (Å²) in [6, 6.07) is 15.4. The quantitative estimate of drug-likeness (QED) is 0.377. The monoisotopic (exact) mass is 449 g/mol. The molecule has 5 nitrogen and oxygen atoms in total. The van der Waals surface area contributed by atoms with Crippen LogP contribution in [0.4, 0.5) is 0 Å². The molecule has 6 heteroatoms. The molecule has 0 saturated heterocycles. The lowest BCUT2D eigenvalue weighted by molar-refractivity contribution is 0.0938. The fourth-order valence-electron chi connectivity index (χ4n) is 4.07. The predicted octanol–water partition coefficient (Wildman–Crippen LogP) is 5.26. The van der Waals surface area contributed by atoms with Crippen LogP contribution < -0.4 is 10.9 Å². The van der Waals surface area contributed by atoms with Gasteiger partial charge in [0, 0.05) is 17.4 Å². The topological polar surface area (TPSA) is 64.0 Å². The second-order valence-corrected chi connectivity index (χ2v) is 10.0. The largest absolute Gasteiger partial charge is 0.349 e. The molecular formula is C26H31N3O2S. The number of hydrogen-bond acceptors (Lipinski definition) is 4. The highest BCUT2D eigenvalue weighted by Crippen LogP contribution is 2.22. The molecule has 1 N–H and O–H groups in total. The summed E-state index contributed by atoms with van der Waals surface area (Å²) in [7, 11) is 0. The molecule has 0 radical (unpaired) electrons. The van der Waals surface area contributed by atoms with E-state index in [2.05, 4.69) is 19.2 Å². The second kappa shape index (κ2) is 10.3. The van der Waals surface area contributed by atoms with Gasteiger partial charge in [0.2, 0.25) is 0 Å². The summed E-state index contributed by atoms with van der Waals surface area (Å²) in [6.45, 7) is 4.84. The predicted molar refractivity (Wildman–Crippen MR) is 131 cm³/mol. The first-order valence-corrected chi connectivity index (χ1v) is 12.5. The molecule has 1 heterocycles. The molecular weight excluding hydrogens is 418 g/mol. The Morgan fingerprint density at radius 1 is 1.12 bits per heavy atom. The Labute approximate surface area is 193 Å². The van der Waals surface area contributed by atoms with Gasteiger partial charge in [-0.3, -0.25) is 14.2 Å². The van der Waals surface area contributed by atoms with Crippen molar-refractivity contribution < 1.29 is 4.79 Å². The van der Waals surface area contributed by atoms with Crippen molar-refractivity contribution in [3.05, 3.63) is 70.0 Å². The summed E-state index contributed by atoms with van der Waals surface area (Å²) in [5.74, 6) is 1.51. The van der Waals surface area contributed by atoms with Crippen molar-refractivity contribution in [2.75, 3.05) is 5.75 Å². The van der Waals surface area contributed by atoms with E-state index in [9.17, 15) is 9.59 Å². The van der Waals surface area contributed by atoms with Gasteiger partial charge in [0.25, 0.3) is 11.5 Å². The summed E-state index contributed by atoms with van der Waals surface area (Å²) >= 11 is 1.64. The van der Waals surface area contributed by atoms with Crippen molar-refractivity contribution in [1.82, 2.24) is 14.9 Å². The Morgan fingerprint density at radius 2 is 1.84 bits per heavy atom. The summed E-state index contributed by atoms with van der Waals surface area (Å²) in [5, 5.41) is 4.51. The molecule has 1 aliphatic carbocycles. The summed E-state index contributed by atoms with van der Waals surface area (Å²) in [5.41, 5.74) is 2.36. The van der Waals surface area contributed by atoms with E-state index < -0.39 is 0 Å². The third-order valence-electron chi connectivity index (χ3n) is 6.00. The minimum absolute atomic E-state index is 0.0158. The molecule has 0 unspecified atom stereocenters. The Hall–Kier alpha value is -2.60. The van der Waals surface area contributed by atoms with Crippen molar-refractivity contribution >= 4 is 28.6 Å². The zero-order valence-electron chi connectivity index (χ0n) is 18.8. The standard InChI is InChI=1S/C26H31N3O2S/c1-18(2)15-16-32-26-28-23-10-6-5-9-22(23)25(31)29(26)17-19-11-13-20(14-12-19)24(30)27-21-7-3-4-8-21/h5-6,9-14,18,21H,3-4,7-8,15-17H2,1-2H3,(H,27,30). The Bertz CT molecular complexity index is 1130. The Morgan fingerprint density at radius 3 is 2.56 bits per heavy atom. The van der Waals surface area contributed by atoms with Gasteiger partial charge in [-0.25, -0.2) is 4.98 Å². The molecule has 0 spiro atoms. The number of hydrogen-bond donors (Lipinski definition) is 1. The average Bonchev–Trinajstić information content (AvgIpc) is 3.29. The number of nitrogens with one attached hydrogen (secondary N) is 1. The van der Waals surface area contributed by atoms with Crippen molar-refractivity contribution in [3.8, 4) is 0 Å². The van der Waals surface area contributed by atoms with E-state index in [1.807, 2.05) is 48.5 Å². The summed E-state index contributed by atoms with van der Waals surface area (Å²) in [4.78, 5) is 30.6. The molecule has 0 atom stereocenters. The molecule has 1 fully saturated rings. The molecule has 0 aliphatic heterocycles. The van der Waals surface area contributed by atoms with Crippen molar-refractivity contribution in [2.24, 2.45) is 5.92 Å². The Balaban J connectivity index is 1.56. The van der Waals surface area contributed by atoms with E-state index in [0.717, 1.165) is 41.3 Å². The van der Waals surface area contributed by atoms with Gasteiger partial charge in [0.1, 0.15) is 0 Å². The molecule has 3 aromatic rings. The van der Waals surface area contributed by atoms with Crippen LogP contribution in [0.5, 0.6) is 0 Å². The smallest absolute Gasteiger partial charge is 0.262 e. The van der Waals surface area contributed by atoms with Gasteiger partial charge >= 0.3 is 0 Å². The van der Waals surface area contributed by atoms with Crippen LogP contribution in [-0.2, 0) is 6.54 Å². The van der Waals surface area contributed by atoms with Crippen LogP contribution in [0.1, 0.15) is 61.9 Å². The number of para-hydroxylation sites is 1. The maximum atomic E-state index is 13.3. The van der Waals surface area contributed by atoms with E-state index in [1.54, 1.807) is 16.3 Å². The number of carbonyl (C=O) groups is 1. The number of carbonyl (C=O) groups excluding carboxylic acids is 1. The zero-order chi connectivity index (χ0) is 22.5. The Kier molecular flexibility index (Phi) is 7.30. The number of rotatable bonds is 8. The second-order valence-electron chi connectivity index (χ2n) is 8.99. The van der Waals surface area contributed by atoms with Crippen LogP contribution in [-0.4, -0.2) is 27.3 Å². The van der Waals surface area contributed by atoms with Crippen LogP contribution in [0, 0.1) is 5.92 Å². The van der Waals surface area contributed by atoms with Crippen LogP contribution in [0.25, 0.3) is 10.9 Å². The normalized spacial score (nSPS) is 14.3. The highest BCUT2D eigenvalue weighted by Gasteiger charge is 2.18. The van der Waals surface area contributed by atoms with Crippen LogP contribution >= 0.6 is 11.8 Å². The average molecular weight is 450 g/mol. The van der Waals surface area contributed by atoms with Gasteiger partial charge in [0.15, 0.2) is 5.16 Å². The molecule has 2 aromatic carbocycles. The lowest BCUT2D eigenvalue weighted by Gasteiger charge is -2.15. The highest BCUT2D eigenvalue weighted by molar-refractivity contribution is 7.99.